The maximum absolute atomic E-state index is 13.2. The SMILES string of the molecule is CC(C)C(=O)O[C@H]1[C@H](C)OC(=O)[C@@H](NC(=O)OC(C)(C)C)COC(=O)[C@@H]1CC(F)F.COc1ccnc(C(=O)N[C@H]2COC(=O)[C@H](CC(F)F)[C@@H](OC(=O)C(C)C)[C@H](C)OC2=O)c1O. The Bertz CT molecular complexity index is 1830. The molecule has 1 aromatic rings. The van der Waals surface area contributed by atoms with Crippen LogP contribution in [-0.4, -0.2) is 133 Å². The Morgan fingerprint density at radius 2 is 1.19 bits per heavy atom. The molecule has 0 aromatic carbocycles. The average molecular weight is 926 g/mol. The first-order chi connectivity index (χ1) is 29.7. The molecule has 0 bridgehead atoms. The largest absolute Gasteiger partial charge is 0.503 e. The lowest BCUT2D eigenvalue weighted by molar-refractivity contribution is -0.178. The smallest absolute Gasteiger partial charge is 0.408 e. The van der Waals surface area contributed by atoms with Crippen molar-refractivity contribution in [3.05, 3.63) is 18.0 Å². The molecule has 8 atom stereocenters. The number of carbonyl (C=O) groups excluding carboxylic acids is 8. The van der Waals surface area contributed by atoms with Gasteiger partial charge < -0.3 is 53.6 Å². The summed E-state index contributed by atoms with van der Waals surface area (Å²) in [6, 6.07) is -1.71. The number of halogens is 4. The molecule has 0 spiro atoms. The van der Waals surface area contributed by atoms with Crippen LogP contribution in [0.3, 0.4) is 0 Å². The minimum Gasteiger partial charge on any atom is -0.503 e. The van der Waals surface area contributed by atoms with Crippen LogP contribution < -0.4 is 15.4 Å². The lowest BCUT2D eigenvalue weighted by Gasteiger charge is -2.29. The normalized spacial score (nSPS) is 24.3. The molecule has 2 aliphatic rings. The van der Waals surface area contributed by atoms with Crippen LogP contribution in [-0.2, 0) is 61.9 Å². The molecule has 3 heterocycles. The van der Waals surface area contributed by atoms with Crippen molar-refractivity contribution in [3.63, 3.8) is 0 Å². The summed E-state index contributed by atoms with van der Waals surface area (Å²) in [7, 11) is 1.26. The van der Waals surface area contributed by atoms with E-state index in [1.165, 1.54) is 60.9 Å². The highest BCUT2D eigenvalue weighted by Crippen LogP contribution is 2.29. The number of pyridine rings is 1. The summed E-state index contributed by atoms with van der Waals surface area (Å²) in [5, 5.41) is 14.5. The Hall–Kier alpha value is -5.97. The predicted molar refractivity (Wildman–Crippen MR) is 208 cm³/mol. The number of rotatable bonds is 12. The Labute approximate surface area is 365 Å². The number of carbonyl (C=O) groups is 8. The number of hydrogen-bond acceptors (Lipinski definition) is 18. The Kier molecular flexibility index (Phi) is 20.5. The van der Waals surface area contributed by atoms with E-state index in [0.29, 0.717) is 0 Å². The molecule has 24 heteroatoms. The highest BCUT2D eigenvalue weighted by molar-refractivity contribution is 5.98. The Morgan fingerprint density at radius 1 is 0.766 bits per heavy atom. The van der Waals surface area contributed by atoms with Gasteiger partial charge in [0.2, 0.25) is 12.9 Å². The molecular formula is C40H55F4N3O17. The number of aromatic nitrogens is 1. The van der Waals surface area contributed by atoms with E-state index in [1.54, 1.807) is 20.8 Å². The first-order valence-corrected chi connectivity index (χ1v) is 19.9. The third-order valence-electron chi connectivity index (χ3n) is 8.91. The van der Waals surface area contributed by atoms with Gasteiger partial charge in [0.1, 0.15) is 42.9 Å². The van der Waals surface area contributed by atoms with E-state index >= 15 is 0 Å². The molecule has 2 fully saturated rings. The molecule has 20 nitrogen and oxygen atoms in total. The van der Waals surface area contributed by atoms with E-state index in [9.17, 15) is 61.0 Å². The first-order valence-electron chi connectivity index (χ1n) is 19.9. The van der Waals surface area contributed by atoms with Crippen LogP contribution in [0.25, 0.3) is 0 Å². The van der Waals surface area contributed by atoms with Crippen molar-refractivity contribution >= 4 is 47.8 Å². The molecule has 2 aliphatic heterocycles. The summed E-state index contributed by atoms with van der Waals surface area (Å²) in [4.78, 5) is 103. The second kappa shape index (κ2) is 24.2. The molecule has 0 radical (unpaired) electrons. The maximum atomic E-state index is 13.2. The van der Waals surface area contributed by atoms with Crippen LogP contribution in [0.1, 0.15) is 85.6 Å². The van der Waals surface area contributed by atoms with E-state index in [1.807, 2.05) is 0 Å². The summed E-state index contributed by atoms with van der Waals surface area (Å²) < 4.78 is 93.3. The van der Waals surface area contributed by atoms with Crippen LogP contribution in [0.2, 0.25) is 0 Å². The Balaban J connectivity index is 0.000000444. The summed E-state index contributed by atoms with van der Waals surface area (Å²) in [6.07, 6.45) is -13.2. The number of esters is 6. The topological polar surface area (TPSA) is 268 Å². The summed E-state index contributed by atoms with van der Waals surface area (Å²) in [5.74, 6) is -12.0. The molecule has 64 heavy (non-hydrogen) atoms. The van der Waals surface area contributed by atoms with Gasteiger partial charge in [-0.1, -0.05) is 27.7 Å². The fraction of sp³-hybridized carbons (Fsp3) is 0.675. The van der Waals surface area contributed by atoms with Gasteiger partial charge in [-0.25, -0.2) is 36.9 Å². The number of nitrogens with zero attached hydrogens (tertiary/aromatic N) is 1. The third-order valence-corrected chi connectivity index (χ3v) is 8.91. The second-order valence-corrected chi connectivity index (χ2v) is 16.1. The molecule has 0 aliphatic carbocycles. The third kappa shape index (κ3) is 16.6. The highest BCUT2D eigenvalue weighted by Gasteiger charge is 2.45. The molecule has 2 saturated heterocycles. The number of alkyl carbamates (subject to hydrolysis) is 1. The number of hydrogen-bond donors (Lipinski definition) is 3. The van der Waals surface area contributed by atoms with Gasteiger partial charge in [0.05, 0.1) is 18.9 Å². The fourth-order valence-electron chi connectivity index (χ4n) is 5.65. The highest BCUT2D eigenvalue weighted by atomic mass is 19.3. The molecule has 2 amide bonds. The molecular weight excluding hydrogens is 870 g/mol. The number of ether oxygens (including phenoxy) is 8. The van der Waals surface area contributed by atoms with Gasteiger partial charge in [-0.15, -0.1) is 0 Å². The fourth-order valence-corrected chi connectivity index (χ4v) is 5.65. The molecule has 3 N–H and O–H groups in total. The van der Waals surface area contributed by atoms with Gasteiger partial charge in [0.15, 0.2) is 41.5 Å². The van der Waals surface area contributed by atoms with Crippen LogP contribution in [0.15, 0.2) is 12.3 Å². The molecule has 0 unspecified atom stereocenters. The molecule has 360 valence electrons. The van der Waals surface area contributed by atoms with Gasteiger partial charge in [0.25, 0.3) is 5.91 Å². The summed E-state index contributed by atoms with van der Waals surface area (Å²) in [5.41, 5.74) is -1.33. The van der Waals surface area contributed by atoms with Gasteiger partial charge in [0, 0.05) is 25.1 Å². The second-order valence-electron chi connectivity index (χ2n) is 16.1. The maximum Gasteiger partial charge on any atom is 0.408 e. The summed E-state index contributed by atoms with van der Waals surface area (Å²) in [6.45, 7) is 12.0. The number of methoxy groups -OCH3 is 1. The van der Waals surface area contributed by atoms with Crippen molar-refractivity contribution in [2.24, 2.45) is 23.7 Å². The molecule has 0 saturated carbocycles. The van der Waals surface area contributed by atoms with E-state index in [0.717, 1.165) is 0 Å². The van der Waals surface area contributed by atoms with Gasteiger partial charge in [-0.05, 0) is 34.6 Å². The van der Waals surface area contributed by atoms with Gasteiger partial charge in [-0.3, -0.25) is 24.0 Å². The lowest BCUT2D eigenvalue weighted by Crippen LogP contribution is -2.48. The van der Waals surface area contributed by atoms with Crippen LogP contribution in [0.4, 0.5) is 22.4 Å². The van der Waals surface area contributed by atoms with Crippen molar-refractivity contribution in [1.29, 1.82) is 0 Å². The van der Waals surface area contributed by atoms with Crippen molar-refractivity contribution in [2.75, 3.05) is 20.3 Å². The number of aromatic hydroxyl groups is 1. The van der Waals surface area contributed by atoms with E-state index in [-0.39, 0.29) is 5.75 Å². The van der Waals surface area contributed by atoms with Crippen LogP contribution in [0.5, 0.6) is 11.5 Å². The number of alkyl halides is 4. The zero-order chi connectivity index (χ0) is 48.8. The standard InChI is InChI=1S/C21H26F2N2O9.C19H29F2NO8/c1-9(2)19(28)34-17-10(3)33-21(30)12(8-32-20(29)11(17)7-14(22)23)25-18(27)15-16(26)13(31-4)5-6-24-15;1-9(2)15(23)29-14-10(3)28-17(25)12(22-18(26)30-19(4,5)6)8-27-16(24)11(14)7-13(20)21/h5-6,9-12,14,17,26H,7-8H2,1-4H3,(H,25,27);9-14H,7-8H2,1-6H3,(H,22,26)/t10-,11+,12-,17-;10-,11+,12-,14-/m00/s1. The first kappa shape index (κ1) is 54.2. The molecule has 1 aromatic heterocycles. The number of amides is 2. The average Bonchev–Trinajstić information content (AvgIpc) is 3.24. The summed E-state index contributed by atoms with van der Waals surface area (Å²) >= 11 is 0. The van der Waals surface area contributed by atoms with Crippen molar-refractivity contribution in [3.8, 4) is 11.5 Å². The molecule has 3 rings (SSSR count). The number of nitrogens with one attached hydrogen (secondary N) is 2. The number of cyclic esters (lactones) is 4. The predicted octanol–water partition coefficient (Wildman–Crippen LogP) is 3.43. The van der Waals surface area contributed by atoms with Crippen LogP contribution in [0, 0.1) is 23.7 Å². The van der Waals surface area contributed by atoms with Crippen molar-refractivity contribution < 1.29 is 98.9 Å². The minimum absolute atomic E-state index is 0.0538. The lowest BCUT2D eigenvalue weighted by atomic mass is 9.94. The van der Waals surface area contributed by atoms with Crippen LogP contribution >= 0.6 is 0 Å². The van der Waals surface area contributed by atoms with Crippen molar-refractivity contribution in [2.45, 2.75) is 130 Å². The van der Waals surface area contributed by atoms with E-state index in [2.05, 4.69) is 15.6 Å². The van der Waals surface area contributed by atoms with Gasteiger partial charge in [-0.2, -0.15) is 0 Å². The van der Waals surface area contributed by atoms with E-state index < -0.39 is 164 Å². The minimum atomic E-state index is -2.95. The zero-order valence-corrected chi connectivity index (χ0v) is 36.8. The zero-order valence-electron chi connectivity index (χ0n) is 36.8. The van der Waals surface area contributed by atoms with E-state index in [4.69, 9.17) is 37.9 Å². The monoisotopic (exact) mass is 925 g/mol. The van der Waals surface area contributed by atoms with Crippen molar-refractivity contribution in [1.82, 2.24) is 15.6 Å². The quantitative estimate of drug-likeness (QED) is 0.154. The van der Waals surface area contributed by atoms with Gasteiger partial charge >= 0.3 is 41.9 Å². The Morgan fingerprint density at radius 3 is 1.56 bits per heavy atom.